The number of aromatic nitrogens is 1. The fourth-order valence-electron chi connectivity index (χ4n) is 1.04. The first kappa shape index (κ1) is 12.5. The molecule has 0 bridgehead atoms. The second-order valence-corrected chi connectivity index (χ2v) is 3.56. The van der Waals surface area contributed by atoms with Gasteiger partial charge in [0.15, 0.2) is 0 Å². The van der Waals surface area contributed by atoms with Crippen molar-refractivity contribution >= 4 is 5.91 Å². The van der Waals surface area contributed by atoms with Gasteiger partial charge in [-0.25, -0.2) is 0 Å². The Hall–Kier alpha value is -1.59. The zero-order chi connectivity index (χ0) is 12.3. The molecule has 88 valence electrons. The van der Waals surface area contributed by atoms with Gasteiger partial charge in [0.1, 0.15) is 5.69 Å². The topological polar surface area (TPSA) is 42.0 Å². The summed E-state index contributed by atoms with van der Waals surface area (Å²) >= 11 is 0. The van der Waals surface area contributed by atoms with E-state index in [0.717, 1.165) is 18.3 Å². The zero-order valence-corrected chi connectivity index (χ0v) is 8.80. The first-order chi connectivity index (χ1) is 7.30. The van der Waals surface area contributed by atoms with Crippen LogP contribution in [0.4, 0.5) is 13.2 Å². The molecule has 1 N–H and O–H groups in total. The molecule has 1 amide bonds. The summed E-state index contributed by atoms with van der Waals surface area (Å²) in [6, 6.07) is 1.82. The zero-order valence-electron chi connectivity index (χ0n) is 8.80. The Bertz CT molecular complexity index is 371. The molecule has 0 spiro atoms. The minimum atomic E-state index is -4.48. The maximum atomic E-state index is 12.2. The molecule has 0 atom stereocenters. The van der Waals surface area contributed by atoms with Crippen molar-refractivity contribution in [3.05, 3.63) is 29.6 Å². The van der Waals surface area contributed by atoms with Crippen LogP contribution in [0.1, 0.15) is 29.9 Å². The molecule has 0 radical (unpaired) electrons. The summed E-state index contributed by atoms with van der Waals surface area (Å²) in [6.07, 6.45) is -3.56. The van der Waals surface area contributed by atoms with Crippen LogP contribution in [0.2, 0.25) is 0 Å². The van der Waals surface area contributed by atoms with Crippen LogP contribution in [0.5, 0.6) is 0 Å². The standard InChI is InChI=1S/C10H11F3N2O/c1-6(2)15-9(16)7-3-4-8(14-5-7)10(11,12)13/h3-6H,1-2H3,(H,15,16). The molecule has 6 heteroatoms. The number of hydrogen-bond acceptors (Lipinski definition) is 2. The van der Waals surface area contributed by atoms with E-state index in [0.29, 0.717) is 0 Å². The summed E-state index contributed by atoms with van der Waals surface area (Å²) in [5.41, 5.74) is -0.893. The monoisotopic (exact) mass is 232 g/mol. The number of carbonyl (C=O) groups is 1. The maximum absolute atomic E-state index is 12.2. The summed E-state index contributed by atoms with van der Waals surface area (Å²) in [5, 5.41) is 2.56. The number of pyridine rings is 1. The van der Waals surface area contributed by atoms with Gasteiger partial charge in [-0.05, 0) is 26.0 Å². The second kappa shape index (κ2) is 4.51. The average Bonchev–Trinajstić information content (AvgIpc) is 2.15. The van der Waals surface area contributed by atoms with Crippen molar-refractivity contribution in [3.8, 4) is 0 Å². The van der Waals surface area contributed by atoms with Gasteiger partial charge in [-0.15, -0.1) is 0 Å². The Labute approximate surface area is 90.7 Å². The number of amides is 1. The molecule has 0 aliphatic rings. The van der Waals surface area contributed by atoms with Gasteiger partial charge in [-0.2, -0.15) is 13.2 Å². The van der Waals surface area contributed by atoms with Crippen molar-refractivity contribution in [2.75, 3.05) is 0 Å². The van der Waals surface area contributed by atoms with E-state index in [1.54, 1.807) is 13.8 Å². The van der Waals surface area contributed by atoms with E-state index in [4.69, 9.17) is 0 Å². The molecule has 16 heavy (non-hydrogen) atoms. The maximum Gasteiger partial charge on any atom is 0.433 e. The van der Waals surface area contributed by atoms with Gasteiger partial charge >= 0.3 is 6.18 Å². The first-order valence-electron chi connectivity index (χ1n) is 4.65. The lowest BCUT2D eigenvalue weighted by molar-refractivity contribution is -0.141. The van der Waals surface area contributed by atoms with Gasteiger partial charge in [0.05, 0.1) is 5.56 Å². The van der Waals surface area contributed by atoms with E-state index < -0.39 is 17.8 Å². The summed E-state index contributed by atoms with van der Waals surface area (Å²) < 4.78 is 36.5. The predicted octanol–water partition coefficient (Wildman–Crippen LogP) is 2.24. The lowest BCUT2D eigenvalue weighted by Crippen LogP contribution is -2.30. The lowest BCUT2D eigenvalue weighted by Gasteiger charge is -2.09. The number of carbonyl (C=O) groups excluding carboxylic acids is 1. The Kier molecular flexibility index (Phi) is 3.51. The van der Waals surface area contributed by atoms with Crippen LogP contribution in [0, 0.1) is 0 Å². The molecule has 1 aromatic rings. The second-order valence-electron chi connectivity index (χ2n) is 3.56. The van der Waals surface area contributed by atoms with Crippen LogP contribution in [0.25, 0.3) is 0 Å². The van der Waals surface area contributed by atoms with Crippen molar-refractivity contribution in [2.24, 2.45) is 0 Å². The van der Waals surface area contributed by atoms with Gasteiger partial charge in [-0.3, -0.25) is 9.78 Å². The number of halogens is 3. The lowest BCUT2D eigenvalue weighted by atomic mass is 10.2. The number of rotatable bonds is 2. The highest BCUT2D eigenvalue weighted by Crippen LogP contribution is 2.27. The minimum absolute atomic E-state index is 0.0743. The van der Waals surface area contributed by atoms with Crippen molar-refractivity contribution in [2.45, 2.75) is 26.1 Å². The number of hydrogen-bond donors (Lipinski definition) is 1. The smallest absolute Gasteiger partial charge is 0.350 e. The molecular formula is C10H11F3N2O. The molecule has 1 heterocycles. The molecule has 0 aliphatic heterocycles. The summed E-state index contributed by atoms with van der Waals surface area (Å²) in [4.78, 5) is 14.6. The third kappa shape index (κ3) is 3.22. The van der Waals surface area contributed by atoms with Gasteiger partial charge in [0, 0.05) is 12.2 Å². The fraction of sp³-hybridized carbons (Fsp3) is 0.400. The Balaban J connectivity index is 2.83. The highest BCUT2D eigenvalue weighted by molar-refractivity contribution is 5.93. The predicted molar refractivity (Wildman–Crippen MR) is 51.8 cm³/mol. The SMILES string of the molecule is CC(C)NC(=O)c1ccc(C(F)(F)F)nc1. The van der Waals surface area contributed by atoms with Gasteiger partial charge in [-0.1, -0.05) is 0 Å². The molecule has 0 saturated carbocycles. The molecule has 0 saturated heterocycles. The van der Waals surface area contributed by atoms with Crippen LogP contribution >= 0.6 is 0 Å². The molecule has 0 unspecified atom stereocenters. The van der Waals surface area contributed by atoms with E-state index in [1.807, 2.05) is 0 Å². The molecule has 1 aromatic heterocycles. The largest absolute Gasteiger partial charge is 0.433 e. The van der Waals surface area contributed by atoms with Crippen molar-refractivity contribution in [1.29, 1.82) is 0 Å². The molecule has 0 aromatic carbocycles. The summed E-state index contributed by atoms with van der Waals surface area (Å²) in [5.74, 6) is -0.434. The Morgan fingerprint density at radius 1 is 1.38 bits per heavy atom. The van der Waals surface area contributed by atoms with Crippen LogP contribution in [-0.4, -0.2) is 16.9 Å². The van der Waals surface area contributed by atoms with E-state index in [9.17, 15) is 18.0 Å². The summed E-state index contributed by atoms with van der Waals surface area (Å²) in [7, 11) is 0. The van der Waals surface area contributed by atoms with Crippen molar-refractivity contribution in [3.63, 3.8) is 0 Å². The van der Waals surface area contributed by atoms with Gasteiger partial charge in [0.2, 0.25) is 0 Å². The quantitative estimate of drug-likeness (QED) is 0.849. The number of alkyl halides is 3. The van der Waals surface area contributed by atoms with Crippen LogP contribution in [-0.2, 0) is 6.18 Å². The molecule has 1 rings (SSSR count). The molecule has 0 aliphatic carbocycles. The van der Waals surface area contributed by atoms with E-state index in [-0.39, 0.29) is 11.6 Å². The van der Waals surface area contributed by atoms with Crippen molar-refractivity contribution < 1.29 is 18.0 Å². The summed E-state index contributed by atoms with van der Waals surface area (Å²) in [6.45, 7) is 3.52. The molecule has 3 nitrogen and oxygen atoms in total. The molecule has 0 fully saturated rings. The van der Waals surface area contributed by atoms with Crippen LogP contribution in [0.3, 0.4) is 0 Å². The highest BCUT2D eigenvalue weighted by atomic mass is 19.4. The fourth-order valence-corrected chi connectivity index (χ4v) is 1.04. The number of nitrogens with one attached hydrogen (secondary N) is 1. The number of nitrogens with zero attached hydrogens (tertiary/aromatic N) is 1. The van der Waals surface area contributed by atoms with Gasteiger partial charge < -0.3 is 5.32 Å². The van der Waals surface area contributed by atoms with Crippen LogP contribution in [0.15, 0.2) is 18.3 Å². The molecular weight excluding hydrogens is 221 g/mol. The van der Waals surface area contributed by atoms with E-state index in [1.165, 1.54) is 0 Å². The van der Waals surface area contributed by atoms with Gasteiger partial charge in [0.25, 0.3) is 5.91 Å². The minimum Gasteiger partial charge on any atom is -0.350 e. The van der Waals surface area contributed by atoms with E-state index in [2.05, 4.69) is 10.3 Å². The Morgan fingerprint density at radius 2 is 2.00 bits per heavy atom. The van der Waals surface area contributed by atoms with E-state index >= 15 is 0 Å². The normalized spacial score (nSPS) is 11.6. The third-order valence-corrected chi connectivity index (χ3v) is 1.74. The highest BCUT2D eigenvalue weighted by Gasteiger charge is 2.32. The van der Waals surface area contributed by atoms with Crippen molar-refractivity contribution in [1.82, 2.24) is 10.3 Å². The average molecular weight is 232 g/mol. The van der Waals surface area contributed by atoms with Crippen LogP contribution < -0.4 is 5.32 Å². The Morgan fingerprint density at radius 3 is 2.38 bits per heavy atom. The third-order valence-electron chi connectivity index (χ3n) is 1.74. The first-order valence-corrected chi connectivity index (χ1v) is 4.65.